The maximum Gasteiger partial charge on any atom is 0.510 e. The zero-order valence-corrected chi connectivity index (χ0v) is 85.5. The number of rotatable bonds is 45. The molecule has 6 N–H and O–H groups in total. The van der Waals surface area contributed by atoms with E-state index in [4.69, 9.17) is 144 Å². The predicted octanol–water partition coefficient (Wildman–Crippen LogP) is 18.0. The SMILES string of the molecule is C=C(OCOP(=O)(CN1CCC(NC(=O)c2[nH]ncc2CC(=O)c2c(Cl)cccc2Cl)CC1)OCOC(=O)C(C)(C)C)C(C)(C)C.C=C(OCOP(=O)(CN1CCC(NC(=O)c2[nH]ncc2CC(=O)c2c(Cl)cccc2Cl)CC1)OCOC(=O)OC(C)C)OC(C)C.CC(C)OC(=O)OCOP(=O)(OCOC(=O)OC(C)C)N1CCC(NC(=O)c2[nH]ncc2CC(=O)c2c(Cl)cccc2Cl)CC1. The Hall–Kier alpha value is -9.06. The number of halogens is 6. The summed E-state index contributed by atoms with van der Waals surface area (Å²) < 4.78 is 125. The number of ether oxygens (including phenoxy) is 10. The lowest BCUT2D eigenvalue weighted by Gasteiger charge is -2.35. The highest BCUT2D eigenvalue weighted by Crippen LogP contribution is 2.54. The number of H-pyrrole nitrogens is 3. The molecule has 50 heteroatoms. The molecule has 3 saturated heterocycles. The van der Waals surface area contributed by atoms with Crippen molar-refractivity contribution in [3.05, 3.63) is 179 Å². The number of ketones is 3. The van der Waals surface area contributed by atoms with Crippen molar-refractivity contribution in [2.24, 2.45) is 10.8 Å². The number of likely N-dealkylation sites (tertiary alicyclic amines) is 2. The van der Waals surface area contributed by atoms with Gasteiger partial charge in [-0.25, -0.2) is 23.6 Å². The molecule has 0 radical (unpaired) electrons. The predicted molar refractivity (Wildman–Crippen MR) is 503 cm³/mol. The number of nitrogens with one attached hydrogen (secondary N) is 6. The first-order valence-electron chi connectivity index (χ1n) is 43.2. The van der Waals surface area contributed by atoms with Crippen LogP contribution in [0.5, 0.6) is 0 Å². The Kier molecular flexibility index (Phi) is 45.8. The zero-order chi connectivity index (χ0) is 101. The molecule has 2 atom stereocenters. The standard InChI is InChI=1S/C31H43Cl2N4O8P.C29H39Cl2N4O10P.C27H35Cl2N4O11P/c1-20(30(2,3)4)42-18-44-46(41,45-19-43-29(40)31(5,6)7)17-37-13-11-22(12-14-37)35-28(39)27-21(16-34-36-27)15-25(38)26-23(32)9-8-10-24(26)33;1-18(2)44-20(5)40-16-42-46(39,43-17-41-29(38)45-19(3)4)15-35-11-9-22(10-12-35)33-28(37)27-21(14-32-34-27)13-25(36)26-23(30)7-6-8-24(26)31;1-16(2)43-26(36)39-14-41-45(38,42-15-40-27(37)44-17(3)4)33-10-8-19(9-11-33)31-25(35)24-18(13-30-32-24)12-22(34)23-20(28)6-5-7-21(23)29/h8-10,16,22H,1,11-15,17-19H2,2-7H3,(H,34,36)(H,35,39);6-8,14,18-19,22H,5,9-13,15-17H2,1-4H3,(H,32,34)(H,33,37);5-7,13,16-17,19H,8-12,14-15H2,1-4H3,(H,30,32)(H,31,35). The first-order chi connectivity index (χ1) is 64.4. The first-order valence-corrected chi connectivity index (χ1v) is 50.4. The van der Waals surface area contributed by atoms with Crippen molar-refractivity contribution in [2.45, 2.75) is 197 Å². The third-order valence-electron chi connectivity index (χ3n) is 19.8. The van der Waals surface area contributed by atoms with Crippen molar-refractivity contribution in [2.75, 3.05) is 92.6 Å². The summed E-state index contributed by atoms with van der Waals surface area (Å²) in [6.45, 7) is 30.2. The van der Waals surface area contributed by atoms with Gasteiger partial charge in [0.25, 0.3) is 23.7 Å². The minimum absolute atomic E-state index is 0.0210. The van der Waals surface area contributed by atoms with Crippen LogP contribution in [0, 0.1) is 10.8 Å². The number of benzene rings is 3. The van der Waals surface area contributed by atoms with E-state index in [0.717, 1.165) is 0 Å². The molecule has 137 heavy (non-hydrogen) atoms. The molecule has 0 aliphatic carbocycles. The highest BCUT2D eigenvalue weighted by molar-refractivity contribution is 7.54. The minimum Gasteiger partial charge on any atom is -0.471 e. The van der Waals surface area contributed by atoms with E-state index < -0.39 is 123 Å². The zero-order valence-electron chi connectivity index (χ0n) is 78.3. The van der Waals surface area contributed by atoms with Gasteiger partial charge in [0.15, 0.2) is 24.1 Å². The van der Waals surface area contributed by atoms with E-state index in [1.54, 1.807) is 131 Å². The number of hydrogen-bond acceptors (Lipinski definition) is 34. The van der Waals surface area contributed by atoms with E-state index in [-0.39, 0.29) is 169 Å². The molecule has 2 unspecified atom stereocenters. The quantitative estimate of drug-likeness (QED) is 0.00516. The van der Waals surface area contributed by atoms with Gasteiger partial charge in [-0.3, -0.25) is 94.9 Å². The molecular formula is C87H117Cl6N12O29P3. The Bertz CT molecular complexity index is 5110. The summed E-state index contributed by atoms with van der Waals surface area (Å²) in [6, 6.07) is 13.5. The highest BCUT2D eigenvalue weighted by atomic mass is 35.5. The lowest BCUT2D eigenvalue weighted by molar-refractivity contribution is -0.160. The first kappa shape index (κ1) is 115. The normalized spacial score (nSPS) is 15.2. The van der Waals surface area contributed by atoms with E-state index >= 15 is 0 Å². The number of aromatic amines is 3. The molecule has 756 valence electrons. The highest BCUT2D eigenvalue weighted by Gasteiger charge is 2.41. The van der Waals surface area contributed by atoms with Crippen molar-refractivity contribution in [3.8, 4) is 0 Å². The molecule has 3 aliphatic rings. The average Bonchev–Trinajstić information content (AvgIpc) is 1.12. The molecule has 3 aromatic carbocycles. The number of carbonyl (C=O) groups excluding carboxylic acids is 10. The van der Waals surface area contributed by atoms with Crippen LogP contribution in [0.4, 0.5) is 14.4 Å². The fraction of sp³-hybridized carbons (Fsp3) is 0.529. The number of nitrogens with zero attached hydrogens (tertiary/aromatic N) is 6. The summed E-state index contributed by atoms with van der Waals surface area (Å²) in [5.74, 6) is -2.47. The summed E-state index contributed by atoms with van der Waals surface area (Å²) in [7, 11) is -11.9. The Morgan fingerprint density at radius 2 is 0.679 bits per heavy atom. The third kappa shape index (κ3) is 38.5. The number of hydrogen-bond donors (Lipinski definition) is 6. The molecule has 0 saturated carbocycles. The molecule has 3 amide bonds. The van der Waals surface area contributed by atoms with Gasteiger partial charge in [-0.15, -0.1) is 0 Å². The fourth-order valence-electron chi connectivity index (χ4n) is 12.8. The molecule has 0 spiro atoms. The largest absolute Gasteiger partial charge is 0.510 e. The Morgan fingerprint density at radius 3 is 0.971 bits per heavy atom. The summed E-state index contributed by atoms with van der Waals surface area (Å²) in [6.07, 6.45) is 1.76. The molecule has 3 aromatic heterocycles. The second kappa shape index (κ2) is 54.7. The second-order valence-corrected chi connectivity index (χ2v) is 42.7. The molecule has 6 aromatic rings. The van der Waals surface area contributed by atoms with Crippen molar-refractivity contribution >= 4 is 152 Å². The lowest BCUT2D eigenvalue weighted by atomic mass is 9.95. The molecule has 9 rings (SSSR count). The number of aromatic nitrogens is 6. The summed E-state index contributed by atoms with van der Waals surface area (Å²) >= 11 is 37.0. The molecule has 41 nitrogen and oxygen atoms in total. The van der Waals surface area contributed by atoms with Crippen LogP contribution in [0.25, 0.3) is 0 Å². The number of carbonyl (C=O) groups is 10. The number of Topliss-reactive ketones (excluding diaryl/α,β-unsaturated/α-hetero) is 3. The maximum atomic E-state index is 13.7. The van der Waals surface area contributed by atoms with E-state index in [2.05, 4.69) is 59.7 Å². The van der Waals surface area contributed by atoms with Crippen molar-refractivity contribution in [3.63, 3.8) is 0 Å². The van der Waals surface area contributed by atoms with Crippen LogP contribution in [0.15, 0.2) is 98.1 Å². The minimum atomic E-state index is -4.17. The van der Waals surface area contributed by atoms with Crippen molar-refractivity contribution in [1.82, 2.24) is 61.0 Å². The fourth-order valence-corrected chi connectivity index (χ4v) is 18.9. The number of allylic oxidation sites excluding steroid dienone is 1. The molecule has 6 heterocycles. The van der Waals surface area contributed by atoms with Gasteiger partial charge in [0.2, 0.25) is 34.0 Å². The van der Waals surface area contributed by atoms with Gasteiger partial charge in [-0.05, 0) is 158 Å². The van der Waals surface area contributed by atoms with E-state index in [1.807, 2.05) is 30.6 Å². The van der Waals surface area contributed by atoms with Gasteiger partial charge < -0.3 is 63.3 Å². The Labute approximate surface area is 823 Å². The molecule has 3 aliphatic heterocycles. The molecular weight excluding hydrogens is 1980 g/mol. The van der Waals surface area contributed by atoms with E-state index in [1.165, 1.54) is 23.3 Å². The van der Waals surface area contributed by atoms with Crippen molar-refractivity contribution < 1.29 is 136 Å². The van der Waals surface area contributed by atoms with Crippen LogP contribution in [0.1, 0.15) is 215 Å². The monoisotopic (exact) mass is 2100 g/mol. The van der Waals surface area contributed by atoms with E-state index in [0.29, 0.717) is 87.2 Å². The van der Waals surface area contributed by atoms with Gasteiger partial charge in [0, 0.05) is 98.8 Å². The molecule has 3 fully saturated rings. The molecule has 0 bridgehead atoms. The van der Waals surface area contributed by atoms with Crippen LogP contribution >= 0.6 is 92.5 Å². The Morgan fingerprint density at radius 1 is 0.401 bits per heavy atom. The average molecular weight is 2100 g/mol. The van der Waals surface area contributed by atoms with Crippen LogP contribution in [0.2, 0.25) is 30.1 Å². The van der Waals surface area contributed by atoms with Gasteiger partial charge in [-0.2, -0.15) is 15.3 Å². The van der Waals surface area contributed by atoms with Crippen molar-refractivity contribution in [1.29, 1.82) is 0 Å². The van der Waals surface area contributed by atoms with Gasteiger partial charge in [-0.1, -0.05) is 115 Å². The third-order valence-corrected chi connectivity index (χ3v) is 27.1. The number of amides is 3. The maximum absolute atomic E-state index is 13.7. The van der Waals surface area contributed by atoms with Crippen LogP contribution < -0.4 is 16.0 Å². The van der Waals surface area contributed by atoms with Gasteiger partial charge in [0.1, 0.15) is 29.7 Å². The lowest BCUT2D eigenvalue weighted by Crippen LogP contribution is -2.45. The van der Waals surface area contributed by atoms with E-state index in [9.17, 15) is 61.6 Å². The smallest absolute Gasteiger partial charge is 0.471 e. The van der Waals surface area contributed by atoms with Gasteiger partial charge in [0.05, 0.1) is 101 Å². The van der Waals surface area contributed by atoms with Crippen LogP contribution in [-0.4, -0.2) is 240 Å². The summed E-state index contributed by atoms with van der Waals surface area (Å²) in [5, 5.41) is 29.9. The number of piperidine rings is 3. The Balaban J connectivity index is 0.000000280. The van der Waals surface area contributed by atoms with Crippen LogP contribution in [-0.2, 0) is 112 Å². The summed E-state index contributed by atoms with van der Waals surface area (Å²) in [4.78, 5) is 129. The van der Waals surface area contributed by atoms with Crippen LogP contribution in [0.3, 0.4) is 0 Å². The topological polar surface area (TPSA) is 501 Å². The summed E-state index contributed by atoms with van der Waals surface area (Å²) in [5.41, 5.74) is 1.00. The van der Waals surface area contributed by atoms with Gasteiger partial charge >= 0.3 is 47.4 Å². The number of esters is 1. The second-order valence-electron chi connectivity index (χ2n) is 34.2.